The minimum Gasteiger partial charge on any atom is -0.466 e. The Labute approximate surface area is 284 Å². The number of hydrogen-bond donors (Lipinski definition) is 1. The summed E-state index contributed by atoms with van der Waals surface area (Å²) in [6.45, 7) is 5.14. The number of methoxy groups -OCH3 is 1. The van der Waals surface area contributed by atoms with Crippen LogP contribution in [-0.2, 0) is 20.4 Å². The Morgan fingerprint density at radius 1 is 1.02 bits per heavy atom. The molecule has 12 heteroatoms. The first-order valence-electron chi connectivity index (χ1n) is 17.3. The van der Waals surface area contributed by atoms with Gasteiger partial charge in [0, 0.05) is 67.6 Å². The molecule has 4 heterocycles. The number of hydrogen-bond acceptors (Lipinski definition) is 8. The highest BCUT2D eigenvalue weighted by atomic mass is 19.4. The number of halogens is 3. The number of rotatable bonds is 11. The van der Waals surface area contributed by atoms with E-state index in [9.17, 15) is 18.0 Å². The summed E-state index contributed by atoms with van der Waals surface area (Å²) in [5, 5.41) is 0. The predicted octanol–water partition coefficient (Wildman–Crippen LogP) is 7.62. The van der Waals surface area contributed by atoms with Crippen molar-refractivity contribution in [3.05, 3.63) is 53.9 Å². The van der Waals surface area contributed by atoms with E-state index in [1.165, 1.54) is 0 Å². The Morgan fingerprint density at radius 3 is 2.37 bits per heavy atom. The zero-order valence-electron chi connectivity index (χ0n) is 28.3. The van der Waals surface area contributed by atoms with Gasteiger partial charge < -0.3 is 24.3 Å². The van der Waals surface area contributed by atoms with Gasteiger partial charge >= 0.3 is 12.1 Å². The molecule has 1 N–H and O–H groups in total. The molecular formula is C37H43F3N6O3. The molecule has 7 rings (SSSR count). The first-order valence-corrected chi connectivity index (χ1v) is 17.3. The maximum absolute atomic E-state index is 14.0. The van der Waals surface area contributed by atoms with Crippen molar-refractivity contribution >= 4 is 28.5 Å². The van der Waals surface area contributed by atoms with Gasteiger partial charge in [-0.25, -0.2) is 15.0 Å². The Hall–Kier alpha value is -4.19. The number of fused-ring (bicyclic) bond motifs is 1. The molecule has 3 aliphatic rings. The fourth-order valence-corrected chi connectivity index (χ4v) is 7.37. The molecule has 0 unspecified atom stereocenters. The van der Waals surface area contributed by atoms with E-state index in [1.807, 2.05) is 32.2 Å². The zero-order chi connectivity index (χ0) is 34.3. The maximum Gasteiger partial charge on any atom is 0.433 e. The molecule has 9 nitrogen and oxygen atoms in total. The molecule has 0 spiro atoms. The fourth-order valence-electron chi connectivity index (χ4n) is 7.37. The molecule has 49 heavy (non-hydrogen) atoms. The highest BCUT2D eigenvalue weighted by molar-refractivity contribution is 5.91. The van der Waals surface area contributed by atoms with E-state index in [1.54, 1.807) is 13.2 Å². The molecular weight excluding hydrogens is 633 g/mol. The van der Waals surface area contributed by atoms with Crippen molar-refractivity contribution in [3.8, 4) is 22.6 Å². The number of carbonyl (C=O) groups excluding carboxylic acids is 1. The predicted molar refractivity (Wildman–Crippen MR) is 183 cm³/mol. The van der Waals surface area contributed by atoms with Gasteiger partial charge in [0.1, 0.15) is 17.0 Å². The van der Waals surface area contributed by atoms with Crippen LogP contribution < -0.4 is 9.80 Å². The number of ether oxygens (including phenoxy) is 2. The molecule has 4 aromatic rings. The van der Waals surface area contributed by atoms with Gasteiger partial charge in [-0.15, -0.1) is 0 Å². The van der Waals surface area contributed by atoms with Gasteiger partial charge in [-0.2, -0.15) is 13.2 Å². The number of H-pyrrole nitrogens is 1. The van der Waals surface area contributed by atoms with Crippen LogP contribution in [0.4, 0.5) is 24.5 Å². The normalized spacial score (nSPS) is 18.0. The molecule has 1 saturated heterocycles. The Kier molecular flexibility index (Phi) is 9.02. The van der Waals surface area contributed by atoms with Crippen LogP contribution in [0.15, 0.2) is 42.5 Å². The number of benzene rings is 1. The summed E-state index contributed by atoms with van der Waals surface area (Å²) in [5.41, 5.74) is 4.31. The molecule has 0 radical (unpaired) electrons. The van der Waals surface area contributed by atoms with Crippen LogP contribution in [0.5, 0.6) is 0 Å². The van der Waals surface area contributed by atoms with Crippen molar-refractivity contribution in [1.29, 1.82) is 0 Å². The topological polar surface area (TPSA) is 96.5 Å². The van der Waals surface area contributed by atoms with Crippen LogP contribution in [0.3, 0.4) is 0 Å². The van der Waals surface area contributed by atoms with Gasteiger partial charge in [0.25, 0.3) is 0 Å². The molecule has 0 bridgehead atoms. The van der Waals surface area contributed by atoms with Gasteiger partial charge in [0.05, 0.1) is 30.5 Å². The van der Waals surface area contributed by atoms with Crippen LogP contribution in [0.1, 0.15) is 69.2 Å². The SMILES string of the molecule is CCOC(=O)C1CCN(c2ccc(-c3nc4nc(-c5cc(C6CC6)nc(C(F)(F)F)c5)cc(N(C)CC5(COC)CCC5)c4[nH]3)cc2)CC1. The molecule has 1 aliphatic heterocycles. The Bertz CT molecular complexity index is 1810. The number of esters is 1. The lowest BCUT2D eigenvalue weighted by Crippen LogP contribution is -2.44. The highest BCUT2D eigenvalue weighted by Crippen LogP contribution is 2.45. The molecule has 2 aliphatic carbocycles. The van der Waals surface area contributed by atoms with E-state index >= 15 is 0 Å². The summed E-state index contributed by atoms with van der Waals surface area (Å²) < 4.78 is 52.8. The van der Waals surface area contributed by atoms with Crippen LogP contribution in [-0.4, -0.2) is 72.9 Å². The summed E-state index contributed by atoms with van der Waals surface area (Å²) >= 11 is 0. The van der Waals surface area contributed by atoms with Gasteiger partial charge in [0.2, 0.25) is 0 Å². The highest BCUT2D eigenvalue weighted by Gasteiger charge is 2.39. The third-order valence-electron chi connectivity index (χ3n) is 10.3. The second kappa shape index (κ2) is 13.3. The third kappa shape index (κ3) is 6.97. The largest absolute Gasteiger partial charge is 0.466 e. The first kappa shape index (κ1) is 33.3. The van der Waals surface area contributed by atoms with E-state index in [-0.39, 0.29) is 23.2 Å². The summed E-state index contributed by atoms with van der Waals surface area (Å²) in [7, 11) is 3.73. The van der Waals surface area contributed by atoms with Crippen LogP contribution in [0.2, 0.25) is 0 Å². The molecule has 2 saturated carbocycles. The second-order valence-electron chi connectivity index (χ2n) is 14.0. The molecule has 260 valence electrons. The number of carbonyl (C=O) groups is 1. The smallest absolute Gasteiger partial charge is 0.433 e. The van der Waals surface area contributed by atoms with Crippen LogP contribution in [0, 0.1) is 11.3 Å². The number of nitrogens with one attached hydrogen (secondary N) is 1. The lowest BCUT2D eigenvalue weighted by Gasteiger charge is -2.44. The lowest BCUT2D eigenvalue weighted by atomic mass is 9.69. The lowest BCUT2D eigenvalue weighted by molar-refractivity contribution is -0.148. The molecule has 3 fully saturated rings. The number of anilines is 2. The maximum atomic E-state index is 14.0. The monoisotopic (exact) mass is 676 g/mol. The van der Waals surface area contributed by atoms with Crippen molar-refractivity contribution in [2.24, 2.45) is 11.3 Å². The minimum atomic E-state index is -4.57. The van der Waals surface area contributed by atoms with Gasteiger partial charge in [0.15, 0.2) is 5.65 Å². The van der Waals surface area contributed by atoms with Crippen molar-refractivity contribution in [3.63, 3.8) is 0 Å². The van der Waals surface area contributed by atoms with E-state index in [0.717, 1.165) is 93.1 Å². The van der Waals surface area contributed by atoms with E-state index in [2.05, 4.69) is 31.9 Å². The second-order valence-corrected chi connectivity index (χ2v) is 14.0. The van der Waals surface area contributed by atoms with Gasteiger partial charge in [-0.3, -0.25) is 4.79 Å². The number of piperidine rings is 1. The molecule has 0 atom stereocenters. The summed E-state index contributed by atoms with van der Waals surface area (Å²) in [5.74, 6) is 0.500. The summed E-state index contributed by atoms with van der Waals surface area (Å²) in [6, 6.07) is 12.9. The minimum absolute atomic E-state index is 0.0159. The van der Waals surface area contributed by atoms with Crippen molar-refractivity contribution < 1.29 is 27.4 Å². The summed E-state index contributed by atoms with van der Waals surface area (Å²) in [4.78, 5) is 33.8. The van der Waals surface area contributed by atoms with Crippen molar-refractivity contribution in [2.45, 2.75) is 64.0 Å². The number of imidazole rings is 1. The number of pyridine rings is 2. The van der Waals surface area contributed by atoms with Crippen LogP contribution >= 0.6 is 0 Å². The average Bonchev–Trinajstić information content (AvgIpc) is 3.85. The standard InChI is InChI=1S/C37H43F3N6O3/c1-4-49-35(47)25-12-16-46(17-13-25)27-10-8-24(9-11-27)33-43-32-30(45(2)21-36(22-48-3)14-5-15-36)20-29(42-34(32)44-33)26-18-28(23-6-7-23)41-31(19-26)37(38,39)40/h8-11,18-20,23,25H,4-7,12-17,21-22H2,1-3H3,(H,42,43,44). The molecule has 3 aromatic heterocycles. The van der Waals surface area contributed by atoms with E-state index in [4.69, 9.17) is 19.4 Å². The average molecular weight is 677 g/mol. The van der Waals surface area contributed by atoms with Crippen molar-refractivity contribution in [1.82, 2.24) is 19.9 Å². The number of aromatic amines is 1. The fraction of sp³-hybridized carbons (Fsp3) is 0.514. The van der Waals surface area contributed by atoms with E-state index < -0.39 is 11.9 Å². The van der Waals surface area contributed by atoms with Crippen LogP contribution in [0.25, 0.3) is 33.8 Å². The van der Waals surface area contributed by atoms with E-state index in [0.29, 0.717) is 41.6 Å². The third-order valence-corrected chi connectivity index (χ3v) is 10.3. The van der Waals surface area contributed by atoms with Gasteiger partial charge in [-0.1, -0.05) is 6.42 Å². The number of alkyl halides is 3. The number of aromatic nitrogens is 4. The summed E-state index contributed by atoms with van der Waals surface area (Å²) in [6.07, 6.45) is 1.86. The molecule has 1 aromatic carbocycles. The quantitative estimate of drug-likeness (QED) is 0.162. The zero-order valence-corrected chi connectivity index (χ0v) is 28.3. The Morgan fingerprint density at radius 2 is 1.76 bits per heavy atom. The first-order chi connectivity index (χ1) is 23.6. The Balaban J connectivity index is 1.22. The van der Waals surface area contributed by atoms with Crippen molar-refractivity contribution in [2.75, 3.05) is 56.8 Å². The number of nitrogens with zero attached hydrogens (tertiary/aromatic N) is 5. The van der Waals surface area contributed by atoms with Gasteiger partial charge in [-0.05, 0) is 87.9 Å². The molecule has 0 amide bonds.